The monoisotopic (exact) mass is 268 g/mol. The summed E-state index contributed by atoms with van der Waals surface area (Å²) in [4.78, 5) is 19.3. The summed E-state index contributed by atoms with van der Waals surface area (Å²) in [6, 6.07) is 6.05. The zero-order valence-corrected chi connectivity index (χ0v) is 11.1. The number of carbonyl (C=O) groups is 1. The molecular weight excluding hydrogens is 252 g/mol. The highest BCUT2D eigenvalue weighted by molar-refractivity contribution is 5.99. The molecule has 0 spiro atoms. The zero-order valence-electron chi connectivity index (χ0n) is 11.1. The molecule has 1 unspecified atom stereocenters. The molecule has 20 heavy (non-hydrogen) atoms. The van der Waals surface area contributed by atoms with Crippen molar-refractivity contribution in [2.45, 2.75) is 18.8 Å². The number of anilines is 1. The summed E-state index contributed by atoms with van der Waals surface area (Å²) in [6.45, 7) is 2.06. The molecule has 1 fully saturated rings. The normalized spacial score (nSPS) is 21.0. The molecule has 2 aliphatic rings. The lowest BCUT2D eigenvalue weighted by Gasteiger charge is -2.04. The lowest BCUT2D eigenvalue weighted by molar-refractivity contribution is -0.115. The van der Waals surface area contributed by atoms with E-state index in [-0.39, 0.29) is 5.91 Å². The van der Waals surface area contributed by atoms with Gasteiger partial charge < -0.3 is 15.6 Å². The first-order valence-electron chi connectivity index (χ1n) is 6.98. The third-order valence-corrected chi connectivity index (χ3v) is 4.08. The van der Waals surface area contributed by atoms with Gasteiger partial charge in [0.05, 0.1) is 18.3 Å². The number of H-pyrrole nitrogens is 1. The van der Waals surface area contributed by atoms with Crippen molar-refractivity contribution >= 4 is 11.6 Å². The van der Waals surface area contributed by atoms with E-state index in [1.807, 2.05) is 18.3 Å². The van der Waals surface area contributed by atoms with Gasteiger partial charge in [-0.2, -0.15) is 0 Å². The first-order valence-corrected chi connectivity index (χ1v) is 6.98. The number of nitrogens with one attached hydrogen (secondary N) is 3. The average molecular weight is 268 g/mol. The Labute approximate surface area is 116 Å². The van der Waals surface area contributed by atoms with Crippen molar-refractivity contribution in [1.82, 2.24) is 15.3 Å². The Morgan fingerprint density at radius 3 is 3.10 bits per heavy atom. The summed E-state index contributed by atoms with van der Waals surface area (Å²) < 4.78 is 0. The predicted molar refractivity (Wildman–Crippen MR) is 76.6 cm³/mol. The Morgan fingerprint density at radius 2 is 2.25 bits per heavy atom. The average Bonchev–Trinajstić information content (AvgIpc) is 3.17. The maximum atomic E-state index is 11.4. The van der Waals surface area contributed by atoms with E-state index in [4.69, 9.17) is 0 Å². The van der Waals surface area contributed by atoms with E-state index in [2.05, 4.69) is 26.7 Å². The van der Waals surface area contributed by atoms with Crippen molar-refractivity contribution in [3.63, 3.8) is 0 Å². The molecule has 2 aliphatic heterocycles. The van der Waals surface area contributed by atoms with Gasteiger partial charge in [0.15, 0.2) is 0 Å². The molecule has 1 atom stereocenters. The Hall–Kier alpha value is -2.14. The second-order valence-electron chi connectivity index (χ2n) is 5.47. The van der Waals surface area contributed by atoms with Crippen LogP contribution in [0, 0.1) is 0 Å². The maximum Gasteiger partial charge on any atom is 0.228 e. The largest absolute Gasteiger partial charge is 0.342 e. The van der Waals surface area contributed by atoms with Crippen molar-refractivity contribution < 1.29 is 4.79 Å². The summed E-state index contributed by atoms with van der Waals surface area (Å²) in [5.41, 5.74) is 4.10. The molecule has 1 saturated heterocycles. The summed E-state index contributed by atoms with van der Waals surface area (Å²) >= 11 is 0. The SMILES string of the molecule is O=C1Cc2cc(-c3cnc(C4CCNC4)[nH]3)ccc2N1. The van der Waals surface area contributed by atoms with Gasteiger partial charge in [-0.25, -0.2) is 4.98 Å². The van der Waals surface area contributed by atoms with Crippen LogP contribution < -0.4 is 10.6 Å². The molecule has 0 saturated carbocycles. The molecule has 0 radical (unpaired) electrons. The Kier molecular flexibility index (Phi) is 2.60. The number of aromatic amines is 1. The summed E-state index contributed by atoms with van der Waals surface area (Å²) in [5.74, 6) is 1.61. The van der Waals surface area contributed by atoms with E-state index in [0.717, 1.165) is 47.8 Å². The van der Waals surface area contributed by atoms with Gasteiger partial charge in [0, 0.05) is 18.2 Å². The van der Waals surface area contributed by atoms with Crippen LogP contribution >= 0.6 is 0 Å². The lowest BCUT2D eigenvalue weighted by atomic mass is 10.1. The third-order valence-electron chi connectivity index (χ3n) is 4.08. The summed E-state index contributed by atoms with van der Waals surface area (Å²) in [6.07, 6.45) is 3.49. The van der Waals surface area contributed by atoms with E-state index in [0.29, 0.717) is 12.3 Å². The molecule has 5 nitrogen and oxygen atoms in total. The Morgan fingerprint density at radius 1 is 1.30 bits per heavy atom. The van der Waals surface area contributed by atoms with Crippen LogP contribution in [0.1, 0.15) is 23.7 Å². The van der Waals surface area contributed by atoms with E-state index in [9.17, 15) is 4.79 Å². The highest BCUT2D eigenvalue weighted by Crippen LogP contribution is 2.29. The van der Waals surface area contributed by atoms with Crippen molar-refractivity contribution in [2.75, 3.05) is 18.4 Å². The minimum atomic E-state index is 0.0690. The third kappa shape index (κ3) is 1.91. The van der Waals surface area contributed by atoms with Crippen LogP contribution in [-0.2, 0) is 11.2 Å². The van der Waals surface area contributed by atoms with Crippen molar-refractivity contribution in [3.05, 3.63) is 35.8 Å². The fraction of sp³-hybridized carbons (Fsp3) is 0.333. The summed E-state index contributed by atoms with van der Waals surface area (Å²) in [7, 11) is 0. The van der Waals surface area contributed by atoms with Crippen LogP contribution in [-0.4, -0.2) is 29.0 Å². The Bertz CT molecular complexity index is 670. The molecule has 5 heteroatoms. The van der Waals surface area contributed by atoms with Crippen LogP contribution in [0.4, 0.5) is 5.69 Å². The molecule has 3 N–H and O–H groups in total. The number of rotatable bonds is 2. The number of fused-ring (bicyclic) bond motifs is 1. The van der Waals surface area contributed by atoms with Crippen molar-refractivity contribution in [1.29, 1.82) is 0 Å². The molecule has 102 valence electrons. The number of nitrogens with zero attached hydrogens (tertiary/aromatic N) is 1. The zero-order chi connectivity index (χ0) is 13.5. The van der Waals surface area contributed by atoms with E-state index in [1.54, 1.807) is 0 Å². The highest BCUT2D eigenvalue weighted by Gasteiger charge is 2.21. The molecule has 3 heterocycles. The van der Waals surface area contributed by atoms with Gasteiger partial charge in [-0.15, -0.1) is 0 Å². The number of carbonyl (C=O) groups excluding carboxylic acids is 1. The van der Waals surface area contributed by atoms with Gasteiger partial charge in [-0.1, -0.05) is 6.07 Å². The number of imidazole rings is 1. The van der Waals surface area contributed by atoms with Crippen molar-refractivity contribution in [3.8, 4) is 11.3 Å². The molecule has 1 amide bonds. The van der Waals surface area contributed by atoms with Gasteiger partial charge in [0.2, 0.25) is 5.91 Å². The minimum Gasteiger partial charge on any atom is -0.342 e. The summed E-state index contributed by atoms with van der Waals surface area (Å²) in [5, 5.41) is 6.21. The van der Waals surface area contributed by atoms with Gasteiger partial charge in [0.25, 0.3) is 0 Å². The number of benzene rings is 1. The number of hydrogen-bond donors (Lipinski definition) is 3. The van der Waals surface area contributed by atoms with Crippen LogP contribution in [0.5, 0.6) is 0 Å². The molecule has 2 aromatic rings. The second kappa shape index (κ2) is 4.45. The quantitative estimate of drug-likeness (QED) is 0.775. The number of hydrogen-bond acceptors (Lipinski definition) is 3. The fourth-order valence-electron chi connectivity index (χ4n) is 2.98. The van der Waals surface area contributed by atoms with Crippen LogP contribution in [0.15, 0.2) is 24.4 Å². The topological polar surface area (TPSA) is 69.8 Å². The van der Waals surface area contributed by atoms with Gasteiger partial charge in [-0.05, 0) is 36.2 Å². The first kappa shape index (κ1) is 11.7. The van der Waals surface area contributed by atoms with E-state index >= 15 is 0 Å². The second-order valence-corrected chi connectivity index (χ2v) is 5.47. The Balaban J connectivity index is 1.64. The van der Waals surface area contributed by atoms with Crippen molar-refractivity contribution in [2.24, 2.45) is 0 Å². The van der Waals surface area contributed by atoms with Gasteiger partial charge in [-0.3, -0.25) is 4.79 Å². The molecule has 4 rings (SSSR count). The fourth-order valence-corrected chi connectivity index (χ4v) is 2.98. The standard InChI is InChI=1S/C15H16N4O/c20-14-6-11-5-9(1-2-12(11)18-14)13-8-17-15(19-13)10-3-4-16-7-10/h1-2,5,8,10,16H,3-4,6-7H2,(H,17,19)(H,18,20). The molecule has 1 aromatic heterocycles. The van der Waals surface area contributed by atoms with E-state index < -0.39 is 0 Å². The molecule has 1 aromatic carbocycles. The van der Waals surface area contributed by atoms with Crippen LogP contribution in [0.25, 0.3) is 11.3 Å². The molecule has 0 aliphatic carbocycles. The van der Waals surface area contributed by atoms with Gasteiger partial charge in [0.1, 0.15) is 5.82 Å². The predicted octanol–water partition coefficient (Wildman–Crippen LogP) is 1.65. The van der Waals surface area contributed by atoms with Crippen LogP contribution in [0.3, 0.4) is 0 Å². The van der Waals surface area contributed by atoms with Gasteiger partial charge >= 0.3 is 0 Å². The number of amides is 1. The van der Waals surface area contributed by atoms with E-state index in [1.165, 1.54) is 0 Å². The minimum absolute atomic E-state index is 0.0690. The smallest absolute Gasteiger partial charge is 0.228 e. The van der Waals surface area contributed by atoms with Crippen LogP contribution in [0.2, 0.25) is 0 Å². The highest BCUT2D eigenvalue weighted by atomic mass is 16.1. The lowest BCUT2D eigenvalue weighted by Crippen LogP contribution is -2.08. The number of aromatic nitrogens is 2. The molecule has 0 bridgehead atoms. The maximum absolute atomic E-state index is 11.4. The molecular formula is C15H16N4O. The first-order chi connectivity index (χ1) is 9.79.